The summed E-state index contributed by atoms with van der Waals surface area (Å²) in [6, 6.07) is 21.5. The quantitative estimate of drug-likeness (QED) is 0.167. The molecule has 0 atom stereocenters. The van der Waals surface area contributed by atoms with Crippen LogP contribution in [0.1, 0.15) is 63.5 Å². The molecular weight excluding hydrogens is 456 g/mol. The minimum absolute atomic E-state index is 0.558. The van der Waals surface area contributed by atoms with Crippen molar-refractivity contribution in [3.8, 4) is 11.5 Å². The number of hydrogen-bond acceptors (Lipinski definition) is 4. The first kappa shape index (κ1) is 26.5. The van der Waals surface area contributed by atoms with E-state index in [1.165, 1.54) is 25.7 Å². The van der Waals surface area contributed by atoms with Gasteiger partial charge in [-0.2, -0.15) is 0 Å². The van der Waals surface area contributed by atoms with Crippen LogP contribution in [0.5, 0.6) is 11.5 Å². The molecule has 0 N–H and O–H groups in total. The minimum atomic E-state index is 0.558. The summed E-state index contributed by atoms with van der Waals surface area (Å²) in [7, 11) is 0. The van der Waals surface area contributed by atoms with E-state index in [1.54, 1.807) is 6.21 Å². The Morgan fingerprint density at radius 2 is 1.17 bits per heavy atom. The van der Waals surface area contributed by atoms with Crippen molar-refractivity contribution in [1.29, 1.82) is 0 Å². The molecule has 0 saturated carbocycles. The fourth-order valence-corrected chi connectivity index (χ4v) is 3.58. The van der Waals surface area contributed by atoms with E-state index in [-0.39, 0.29) is 0 Å². The second-order valence-corrected chi connectivity index (χ2v) is 8.81. The minimum Gasteiger partial charge on any atom is -0.494 e. The Morgan fingerprint density at radius 1 is 0.657 bits per heavy atom. The number of aliphatic imine (C=N–C) groups is 2. The molecule has 0 heterocycles. The third-order valence-corrected chi connectivity index (χ3v) is 5.74. The van der Waals surface area contributed by atoms with Crippen LogP contribution in [0.2, 0.25) is 5.02 Å². The Labute approximate surface area is 214 Å². The number of rotatable bonds is 14. The molecule has 0 amide bonds. The van der Waals surface area contributed by atoms with E-state index >= 15 is 0 Å². The normalized spacial score (nSPS) is 11.4. The van der Waals surface area contributed by atoms with Gasteiger partial charge in [-0.3, -0.25) is 9.98 Å². The summed E-state index contributed by atoms with van der Waals surface area (Å²) in [6.07, 6.45) is 10.6. The second-order valence-electron chi connectivity index (χ2n) is 8.40. The van der Waals surface area contributed by atoms with Crippen LogP contribution in [-0.4, -0.2) is 25.6 Å². The van der Waals surface area contributed by atoms with Gasteiger partial charge in [0.15, 0.2) is 0 Å². The highest BCUT2D eigenvalue weighted by Gasteiger charge is 2.01. The van der Waals surface area contributed by atoms with Gasteiger partial charge in [0.25, 0.3) is 0 Å². The smallest absolute Gasteiger partial charge is 0.119 e. The Bertz CT molecular complexity index is 1080. The maximum absolute atomic E-state index is 6.45. The lowest BCUT2D eigenvalue weighted by atomic mass is 10.2. The third kappa shape index (κ3) is 9.58. The van der Waals surface area contributed by atoms with Crippen LogP contribution in [0.4, 0.5) is 11.4 Å². The molecular formula is C30H35ClN2O2. The summed E-state index contributed by atoms with van der Waals surface area (Å²) in [4.78, 5) is 9.08. The van der Waals surface area contributed by atoms with E-state index in [2.05, 4.69) is 23.8 Å². The highest BCUT2D eigenvalue weighted by Crippen LogP contribution is 2.29. The average Bonchev–Trinajstić information content (AvgIpc) is 2.89. The summed E-state index contributed by atoms with van der Waals surface area (Å²) >= 11 is 6.45. The molecule has 5 heteroatoms. The van der Waals surface area contributed by atoms with Crippen molar-refractivity contribution < 1.29 is 9.47 Å². The van der Waals surface area contributed by atoms with Crippen LogP contribution < -0.4 is 9.47 Å². The number of unbranched alkanes of at least 4 members (excludes halogenated alkanes) is 4. The lowest BCUT2D eigenvalue weighted by Crippen LogP contribution is -1.96. The fraction of sp³-hybridized carbons (Fsp3) is 0.333. The number of halogens is 1. The zero-order valence-corrected chi connectivity index (χ0v) is 21.5. The van der Waals surface area contributed by atoms with Crippen LogP contribution >= 0.6 is 11.6 Å². The van der Waals surface area contributed by atoms with Crippen molar-refractivity contribution >= 4 is 35.4 Å². The Hall–Kier alpha value is -3.11. The van der Waals surface area contributed by atoms with Gasteiger partial charge < -0.3 is 9.47 Å². The van der Waals surface area contributed by atoms with Gasteiger partial charge in [-0.15, -0.1) is 0 Å². The fourth-order valence-electron chi connectivity index (χ4n) is 3.36. The summed E-state index contributed by atoms with van der Waals surface area (Å²) in [5, 5.41) is 0.558. The van der Waals surface area contributed by atoms with Crippen molar-refractivity contribution in [2.75, 3.05) is 13.2 Å². The van der Waals surface area contributed by atoms with Crippen LogP contribution in [0, 0.1) is 0 Å². The first-order chi connectivity index (χ1) is 17.2. The molecule has 0 aromatic heterocycles. The molecule has 3 aromatic rings. The number of benzene rings is 3. The maximum Gasteiger partial charge on any atom is 0.119 e. The maximum atomic E-state index is 6.45. The Kier molecular flexibility index (Phi) is 11.4. The molecule has 0 aliphatic carbocycles. The first-order valence-electron chi connectivity index (χ1n) is 12.5. The highest BCUT2D eigenvalue weighted by molar-refractivity contribution is 6.33. The van der Waals surface area contributed by atoms with Crippen molar-refractivity contribution in [3.63, 3.8) is 0 Å². The molecule has 0 aliphatic rings. The molecule has 3 aromatic carbocycles. The summed E-state index contributed by atoms with van der Waals surface area (Å²) in [5.41, 5.74) is 3.47. The van der Waals surface area contributed by atoms with Gasteiger partial charge in [0, 0.05) is 12.4 Å². The monoisotopic (exact) mass is 490 g/mol. The molecule has 0 spiro atoms. The Morgan fingerprint density at radius 3 is 1.66 bits per heavy atom. The van der Waals surface area contributed by atoms with E-state index in [4.69, 9.17) is 21.1 Å². The Balaban J connectivity index is 1.52. The van der Waals surface area contributed by atoms with E-state index in [1.807, 2.05) is 72.9 Å². The van der Waals surface area contributed by atoms with E-state index in [0.717, 1.165) is 54.4 Å². The zero-order chi connectivity index (χ0) is 24.7. The van der Waals surface area contributed by atoms with Gasteiger partial charge in [-0.05, 0) is 90.7 Å². The first-order valence-corrected chi connectivity index (χ1v) is 12.9. The zero-order valence-electron chi connectivity index (χ0n) is 20.8. The lowest BCUT2D eigenvalue weighted by Gasteiger charge is -2.06. The van der Waals surface area contributed by atoms with Crippen LogP contribution in [-0.2, 0) is 0 Å². The summed E-state index contributed by atoms with van der Waals surface area (Å²) < 4.78 is 11.5. The standard InChI is InChI=1S/C30H35ClN2O2/c1-3-5-7-19-34-27-14-9-24(10-15-27)22-32-26-13-18-30(29(31)21-26)33-23-25-11-16-28(17-12-25)35-20-8-6-4-2/h9-18,21-23H,3-8,19-20H2,1-2H3. The molecule has 0 radical (unpaired) electrons. The SMILES string of the molecule is CCCCCOc1ccc(C=Nc2ccc(N=Cc3ccc(OCCCCC)cc3)c(Cl)c2)cc1. The molecule has 35 heavy (non-hydrogen) atoms. The van der Waals surface area contributed by atoms with Crippen molar-refractivity contribution in [3.05, 3.63) is 82.9 Å². The molecule has 0 bridgehead atoms. The summed E-state index contributed by atoms with van der Waals surface area (Å²) in [6.45, 7) is 5.89. The third-order valence-electron chi connectivity index (χ3n) is 5.44. The predicted molar refractivity (Wildman–Crippen MR) is 149 cm³/mol. The van der Waals surface area contributed by atoms with Gasteiger partial charge in [-0.1, -0.05) is 51.1 Å². The van der Waals surface area contributed by atoms with Crippen molar-refractivity contribution in [2.45, 2.75) is 52.4 Å². The van der Waals surface area contributed by atoms with Gasteiger partial charge in [-0.25, -0.2) is 0 Å². The van der Waals surface area contributed by atoms with Crippen molar-refractivity contribution in [2.24, 2.45) is 9.98 Å². The van der Waals surface area contributed by atoms with Gasteiger partial charge in [0.2, 0.25) is 0 Å². The topological polar surface area (TPSA) is 43.2 Å². The number of hydrogen-bond donors (Lipinski definition) is 0. The molecule has 184 valence electrons. The van der Waals surface area contributed by atoms with Crippen LogP contribution in [0.3, 0.4) is 0 Å². The highest BCUT2D eigenvalue weighted by atomic mass is 35.5. The van der Waals surface area contributed by atoms with Gasteiger partial charge in [0.05, 0.1) is 29.6 Å². The molecule has 0 saturated heterocycles. The van der Waals surface area contributed by atoms with Gasteiger partial charge in [0.1, 0.15) is 11.5 Å². The lowest BCUT2D eigenvalue weighted by molar-refractivity contribution is 0.306. The van der Waals surface area contributed by atoms with E-state index < -0.39 is 0 Å². The van der Waals surface area contributed by atoms with Crippen LogP contribution in [0.15, 0.2) is 76.7 Å². The molecule has 0 aliphatic heterocycles. The second kappa shape index (κ2) is 15.0. The number of ether oxygens (including phenoxy) is 2. The van der Waals surface area contributed by atoms with E-state index in [0.29, 0.717) is 10.7 Å². The van der Waals surface area contributed by atoms with Gasteiger partial charge >= 0.3 is 0 Å². The van der Waals surface area contributed by atoms with E-state index in [9.17, 15) is 0 Å². The molecule has 3 rings (SSSR count). The largest absolute Gasteiger partial charge is 0.494 e. The number of nitrogens with zero attached hydrogens (tertiary/aromatic N) is 2. The summed E-state index contributed by atoms with van der Waals surface area (Å²) in [5.74, 6) is 1.77. The van der Waals surface area contributed by atoms with Crippen LogP contribution in [0.25, 0.3) is 0 Å². The average molecular weight is 491 g/mol. The molecule has 0 unspecified atom stereocenters. The predicted octanol–water partition coefficient (Wildman–Crippen LogP) is 8.98. The molecule has 4 nitrogen and oxygen atoms in total. The van der Waals surface area contributed by atoms with Crippen molar-refractivity contribution in [1.82, 2.24) is 0 Å². The molecule has 0 fully saturated rings.